The summed E-state index contributed by atoms with van der Waals surface area (Å²) in [4.78, 5) is 12.1. The van der Waals surface area contributed by atoms with Crippen LogP contribution in [0.3, 0.4) is 0 Å². The first-order valence-corrected chi connectivity index (χ1v) is 7.48. The number of nitrogens with one attached hydrogen (secondary N) is 1. The topological polar surface area (TPSA) is 38.3 Å². The molecule has 0 unspecified atom stereocenters. The molecule has 0 aromatic heterocycles. The molecule has 23 heavy (non-hydrogen) atoms. The van der Waals surface area contributed by atoms with E-state index in [-0.39, 0.29) is 5.91 Å². The minimum atomic E-state index is -0.204. The van der Waals surface area contributed by atoms with Crippen LogP contribution in [-0.4, -0.2) is 5.91 Å². The quantitative estimate of drug-likeness (QED) is 0.699. The Hall–Kier alpha value is -2.78. The van der Waals surface area contributed by atoms with Crippen molar-refractivity contribution in [1.82, 2.24) is 0 Å². The third-order valence-corrected chi connectivity index (χ3v) is 3.41. The minimum absolute atomic E-state index is 0.204. The standard InChI is InChI=1S/C19H14ClNO2/c20-15-6-4-5-14(13-15)19(22)21-16-9-11-18(12-10-16)23-17-7-2-1-3-8-17/h1-13H,(H,21,22). The van der Waals surface area contributed by atoms with E-state index >= 15 is 0 Å². The number of anilines is 1. The number of hydrogen-bond acceptors (Lipinski definition) is 2. The predicted molar refractivity (Wildman–Crippen MR) is 92.4 cm³/mol. The van der Waals surface area contributed by atoms with Crippen LogP contribution in [0, 0.1) is 0 Å². The van der Waals surface area contributed by atoms with Crippen LogP contribution in [0.1, 0.15) is 10.4 Å². The number of rotatable bonds is 4. The second-order valence-corrected chi connectivity index (χ2v) is 5.34. The summed E-state index contributed by atoms with van der Waals surface area (Å²) in [6.07, 6.45) is 0. The molecule has 1 amide bonds. The van der Waals surface area contributed by atoms with Crippen LogP contribution in [-0.2, 0) is 0 Å². The summed E-state index contributed by atoms with van der Waals surface area (Å²) < 4.78 is 5.71. The van der Waals surface area contributed by atoms with E-state index in [0.717, 1.165) is 5.75 Å². The van der Waals surface area contributed by atoms with Crippen molar-refractivity contribution in [3.63, 3.8) is 0 Å². The Morgan fingerprint density at radius 3 is 2.22 bits per heavy atom. The van der Waals surface area contributed by atoms with Gasteiger partial charge in [-0.15, -0.1) is 0 Å². The van der Waals surface area contributed by atoms with Gasteiger partial charge in [-0.05, 0) is 54.6 Å². The first-order chi connectivity index (χ1) is 11.2. The molecule has 3 nitrogen and oxygen atoms in total. The smallest absolute Gasteiger partial charge is 0.255 e. The highest BCUT2D eigenvalue weighted by atomic mass is 35.5. The average Bonchev–Trinajstić information content (AvgIpc) is 2.57. The van der Waals surface area contributed by atoms with Crippen molar-refractivity contribution in [3.8, 4) is 11.5 Å². The van der Waals surface area contributed by atoms with E-state index in [1.807, 2.05) is 30.3 Å². The van der Waals surface area contributed by atoms with E-state index in [2.05, 4.69) is 5.32 Å². The van der Waals surface area contributed by atoms with E-state index < -0.39 is 0 Å². The van der Waals surface area contributed by atoms with Crippen molar-refractivity contribution in [2.24, 2.45) is 0 Å². The van der Waals surface area contributed by atoms with Crippen LogP contribution in [0.25, 0.3) is 0 Å². The summed E-state index contributed by atoms with van der Waals surface area (Å²) in [5, 5.41) is 3.36. The minimum Gasteiger partial charge on any atom is -0.457 e. The van der Waals surface area contributed by atoms with Gasteiger partial charge in [-0.1, -0.05) is 35.9 Å². The van der Waals surface area contributed by atoms with Crippen molar-refractivity contribution in [3.05, 3.63) is 89.4 Å². The highest BCUT2D eigenvalue weighted by Crippen LogP contribution is 2.23. The molecule has 0 spiro atoms. The summed E-state index contributed by atoms with van der Waals surface area (Å²) in [5.74, 6) is 1.27. The Balaban J connectivity index is 1.67. The highest BCUT2D eigenvalue weighted by molar-refractivity contribution is 6.31. The van der Waals surface area contributed by atoms with Crippen molar-refractivity contribution >= 4 is 23.2 Å². The molecule has 0 radical (unpaired) electrons. The number of halogens is 1. The second-order valence-electron chi connectivity index (χ2n) is 4.90. The van der Waals surface area contributed by atoms with Gasteiger partial charge < -0.3 is 10.1 Å². The molecule has 0 fully saturated rings. The van der Waals surface area contributed by atoms with Gasteiger partial charge >= 0.3 is 0 Å². The predicted octanol–water partition coefficient (Wildman–Crippen LogP) is 5.38. The molecule has 0 heterocycles. The molecule has 4 heteroatoms. The molecule has 114 valence electrons. The zero-order valence-corrected chi connectivity index (χ0v) is 13.0. The Bertz CT molecular complexity index is 801. The molecule has 3 rings (SSSR count). The Labute approximate surface area is 139 Å². The third-order valence-electron chi connectivity index (χ3n) is 3.18. The van der Waals surface area contributed by atoms with Gasteiger partial charge in [0.2, 0.25) is 0 Å². The van der Waals surface area contributed by atoms with Crippen molar-refractivity contribution in [2.45, 2.75) is 0 Å². The number of amides is 1. The van der Waals surface area contributed by atoms with Gasteiger partial charge in [0.1, 0.15) is 11.5 Å². The number of benzene rings is 3. The molecule has 0 aliphatic carbocycles. The van der Waals surface area contributed by atoms with Gasteiger partial charge in [-0.3, -0.25) is 4.79 Å². The van der Waals surface area contributed by atoms with Crippen molar-refractivity contribution in [2.75, 3.05) is 5.32 Å². The summed E-state index contributed by atoms with van der Waals surface area (Å²) in [5.41, 5.74) is 1.21. The van der Waals surface area contributed by atoms with E-state index in [9.17, 15) is 4.79 Å². The van der Waals surface area contributed by atoms with Gasteiger partial charge in [0, 0.05) is 16.3 Å². The Morgan fingerprint density at radius 2 is 1.52 bits per heavy atom. The van der Waals surface area contributed by atoms with Gasteiger partial charge in [0.05, 0.1) is 0 Å². The fourth-order valence-corrected chi connectivity index (χ4v) is 2.25. The van der Waals surface area contributed by atoms with Crippen LogP contribution < -0.4 is 10.1 Å². The lowest BCUT2D eigenvalue weighted by molar-refractivity contribution is 0.102. The van der Waals surface area contributed by atoms with Gasteiger partial charge in [-0.25, -0.2) is 0 Å². The molecule has 3 aromatic carbocycles. The van der Waals surface area contributed by atoms with Crippen LogP contribution in [0.5, 0.6) is 11.5 Å². The average molecular weight is 324 g/mol. The molecular formula is C19H14ClNO2. The number of carbonyl (C=O) groups is 1. The van der Waals surface area contributed by atoms with E-state index in [1.54, 1.807) is 48.5 Å². The van der Waals surface area contributed by atoms with Crippen LogP contribution >= 0.6 is 11.6 Å². The summed E-state index contributed by atoms with van der Waals surface area (Å²) in [6, 6.07) is 23.5. The zero-order valence-electron chi connectivity index (χ0n) is 12.2. The lowest BCUT2D eigenvalue weighted by Gasteiger charge is -2.08. The first kappa shape index (κ1) is 15.1. The normalized spacial score (nSPS) is 10.1. The molecular weight excluding hydrogens is 310 g/mol. The van der Waals surface area contributed by atoms with Gasteiger partial charge in [-0.2, -0.15) is 0 Å². The third kappa shape index (κ3) is 4.11. The molecule has 0 aliphatic heterocycles. The van der Waals surface area contributed by atoms with Crippen LogP contribution in [0.15, 0.2) is 78.9 Å². The van der Waals surface area contributed by atoms with Crippen LogP contribution in [0.2, 0.25) is 5.02 Å². The fraction of sp³-hybridized carbons (Fsp3) is 0. The second kappa shape index (κ2) is 6.99. The molecule has 0 bridgehead atoms. The molecule has 0 atom stereocenters. The summed E-state index contributed by atoms with van der Waals surface area (Å²) >= 11 is 5.89. The number of para-hydroxylation sites is 1. The Morgan fingerprint density at radius 1 is 0.826 bits per heavy atom. The molecule has 0 aliphatic rings. The monoisotopic (exact) mass is 323 g/mol. The zero-order chi connectivity index (χ0) is 16.1. The first-order valence-electron chi connectivity index (χ1n) is 7.10. The van der Waals surface area contributed by atoms with Gasteiger partial charge in [0.15, 0.2) is 0 Å². The molecule has 0 saturated heterocycles. The van der Waals surface area contributed by atoms with E-state index in [0.29, 0.717) is 22.0 Å². The molecule has 3 aromatic rings. The van der Waals surface area contributed by atoms with Crippen LogP contribution in [0.4, 0.5) is 5.69 Å². The maximum absolute atomic E-state index is 12.1. The Kier molecular flexibility index (Phi) is 4.60. The number of ether oxygens (including phenoxy) is 1. The van der Waals surface area contributed by atoms with E-state index in [1.165, 1.54) is 0 Å². The molecule has 0 saturated carbocycles. The van der Waals surface area contributed by atoms with Crippen molar-refractivity contribution < 1.29 is 9.53 Å². The highest BCUT2D eigenvalue weighted by Gasteiger charge is 2.06. The lowest BCUT2D eigenvalue weighted by atomic mass is 10.2. The summed E-state index contributed by atoms with van der Waals surface area (Å²) in [6.45, 7) is 0. The fourth-order valence-electron chi connectivity index (χ4n) is 2.06. The maximum Gasteiger partial charge on any atom is 0.255 e. The van der Waals surface area contributed by atoms with Gasteiger partial charge in [0.25, 0.3) is 5.91 Å². The molecule has 1 N–H and O–H groups in total. The maximum atomic E-state index is 12.1. The number of hydrogen-bond donors (Lipinski definition) is 1. The summed E-state index contributed by atoms with van der Waals surface area (Å²) in [7, 11) is 0. The lowest BCUT2D eigenvalue weighted by Crippen LogP contribution is -2.11. The number of carbonyl (C=O) groups excluding carboxylic acids is 1. The van der Waals surface area contributed by atoms with E-state index in [4.69, 9.17) is 16.3 Å². The largest absolute Gasteiger partial charge is 0.457 e. The SMILES string of the molecule is O=C(Nc1ccc(Oc2ccccc2)cc1)c1cccc(Cl)c1. The van der Waals surface area contributed by atoms with Crippen molar-refractivity contribution in [1.29, 1.82) is 0 Å².